The Kier molecular flexibility index (Phi) is 6.60. The molecule has 6 rings (SSSR count). The summed E-state index contributed by atoms with van der Waals surface area (Å²) < 4.78 is 6.00. The summed E-state index contributed by atoms with van der Waals surface area (Å²) in [6.45, 7) is 2.80. The molecule has 4 aliphatic rings. The second-order valence-electron chi connectivity index (χ2n) is 10.2. The second kappa shape index (κ2) is 10.0. The second-order valence-corrected chi connectivity index (χ2v) is 11.3. The fraction of sp³-hybridized carbons (Fsp3) is 0.429. The Balaban J connectivity index is 1.25. The van der Waals surface area contributed by atoms with Crippen molar-refractivity contribution in [2.24, 2.45) is 5.92 Å². The number of nitrogens with zero attached hydrogens (tertiary/aromatic N) is 1. The number of rotatable bonds is 6. The Morgan fingerprint density at radius 1 is 1.08 bits per heavy atom. The van der Waals surface area contributed by atoms with E-state index < -0.39 is 0 Å². The first-order valence-corrected chi connectivity index (χ1v) is 14.0. The van der Waals surface area contributed by atoms with Gasteiger partial charge in [-0.25, -0.2) is 4.79 Å². The third-order valence-electron chi connectivity index (χ3n) is 7.96. The predicted octanol–water partition coefficient (Wildman–Crippen LogP) is 3.84. The molecule has 37 heavy (non-hydrogen) atoms. The maximum Gasteiger partial charge on any atom is 0.326 e. The minimum atomic E-state index is -0.182. The molecule has 194 valence electrons. The highest BCUT2D eigenvalue weighted by Crippen LogP contribution is 2.48. The first-order chi connectivity index (χ1) is 18.0. The van der Waals surface area contributed by atoms with Crippen molar-refractivity contribution in [1.29, 1.82) is 0 Å². The fourth-order valence-electron chi connectivity index (χ4n) is 6.20. The zero-order valence-corrected chi connectivity index (χ0v) is 21.9. The molecule has 3 heterocycles. The molecule has 0 radical (unpaired) electrons. The topological polar surface area (TPSA) is 94.7 Å². The number of hydrogen-bond acceptors (Lipinski definition) is 6. The summed E-state index contributed by atoms with van der Waals surface area (Å²) in [5.74, 6) is 1.46. The quantitative estimate of drug-likeness (QED) is 0.463. The number of ether oxygens (including phenoxy) is 1. The van der Waals surface area contributed by atoms with Gasteiger partial charge in [0.15, 0.2) is 0 Å². The van der Waals surface area contributed by atoms with Gasteiger partial charge in [-0.05, 0) is 82.1 Å². The van der Waals surface area contributed by atoms with Crippen LogP contribution in [0.1, 0.15) is 31.2 Å². The summed E-state index contributed by atoms with van der Waals surface area (Å²) in [4.78, 5) is 29.5. The van der Waals surface area contributed by atoms with Crippen LogP contribution in [-0.2, 0) is 4.79 Å². The van der Waals surface area contributed by atoms with Crippen molar-refractivity contribution in [1.82, 2.24) is 21.3 Å². The highest BCUT2D eigenvalue weighted by molar-refractivity contribution is 8.04. The van der Waals surface area contributed by atoms with Crippen LogP contribution in [0, 0.1) is 12.8 Å². The smallest absolute Gasteiger partial charge is 0.326 e. The Morgan fingerprint density at radius 3 is 2.68 bits per heavy atom. The summed E-state index contributed by atoms with van der Waals surface area (Å²) in [7, 11) is 1.95. The van der Waals surface area contributed by atoms with Gasteiger partial charge < -0.3 is 26.0 Å². The molecule has 0 spiro atoms. The van der Waals surface area contributed by atoms with E-state index >= 15 is 0 Å². The molecule has 3 amide bonds. The standard InChI is InChI=1S/C28H33N5O3S/c1-16-15-18(36-17-7-4-3-5-8-17)11-12-21(16)33-22-13-14-30-27-23(22)24(32-28(33)35)25(37-27)26(34)31-20-10-6-9-19(20)29-2/h3-5,7-8,11-12,15,19-20,22-23,27,29-30H,6,9-10,13-14H2,1-2H3,(H,31,34)(H,32,35)/t19-,20-,22?,23?,27?/m1/s1. The lowest BCUT2D eigenvalue weighted by atomic mass is 9.86. The van der Waals surface area contributed by atoms with E-state index in [1.807, 2.05) is 67.4 Å². The van der Waals surface area contributed by atoms with Crippen molar-refractivity contribution in [3.8, 4) is 11.5 Å². The number of amides is 3. The zero-order valence-electron chi connectivity index (χ0n) is 21.1. The van der Waals surface area contributed by atoms with Gasteiger partial charge in [-0.1, -0.05) is 30.0 Å². The van der Waals surface area contributed by atoms with Crippen LogP contribution in [0.25, 0.3) is 0 Å². The largest absolute Gasteiger partial charge is 0.457 e. The molecule has 4 N–H and O–H groups in total. The number of likely N-dealkylation sites (N-methyl/N-ethyl adjacent to an activating group) is 1. The van der Waals surface area contributed by atoms with E-state index in [9.17, 15) is 9.59 Å². The minimum absolute atomic E-state index is 0.0241. The van der Waals surface area contributed by atoms with Crippen molar-refractivity contribution in [3.05, 3.63) is 64.7 Å². The molecule has 5 atom stereocenters. The first kappa shape index (κ1) is 24.3. The fourth-order valence-corrected chi connectivity index (χ4v) is 7.60. The van der Waals surface area contributed by atoms with Gasteiger partial charge in [0.25, 0.3) is 5.91 Å². The van der Waals surface area contributed by atoms with Crippen LogP contribution < -0.4 is 30.9 Å². The van der Waals surface area contributed by atoms with Crippen LogP contribution in [0.3, 0.4) is 0 Å². The molecule has 2 saturated heterocycles. The number of piperidine rings is 1. The minimum Gasteiger partial charge on any atom is -0.457 e. The molecule has 8 nitrogen and oxygen atoms in total. The molecule has 2 aromatic carbocycles. The normalized spacial score (nSPS) is 28.6. The van der Waals surface area contributed by atoms with Gasteiger partial charge in [0.05, 0.1) is 16.3 Å². The lowest BCUT2D eigenvalue weighted by Gasteiger charge is -2.46. The van der Waals surface area contributed by atoms with Gasteiger partial charge in [-0.15, -0.1) is 0 Å². The van der Waals surface area contributed by atoms with Crippen molar-refractivity contribution in [3.63, 3.8) is 0 Å². The summed E-state index contributed by atoms with van der Waals surface area (Å²) in [6, 6.07) is 15.7. The summed E-state index contributed by atoms with van der Waals surface area (Å²) in [6.07, 6.45) is 3.96. The lowest BCUT2D eigenvalue weighted by molar-refractivity contribution is -0.117. The number of nitrogens with one attached hydrogen (secondary N) is 4. The number of aryl methyl sites for hydroxylation is 1. The van der Waals surface area contributed by atoms with E-state index in [0.29, 0.717) is 10.9 Å². The average Bonchev–Trinajstić information content (AvgIpc) is 3.50. The van der Waals surface area contributed by atoms with Crippen molar-refractivity contribution >= 4 is 29.4 Å². The number of anilines is 1. The summed E-state index contributed by atoms with van der Waals surface area (Å²) in [5, 5.41) is 13.3. The maximum absolute atomic E-state index is 13.6. The molecule has 1 saturated carbocycles. The highest BCUT2D eigenvalue weighted by Gasteiger charge is 2.52. The Bertz CT molecular complexity index is 1240. The van der Waals surface area contributed by atoms with E-state index in [0.717, 1.165) is 60.7 Å². The third-order valence-corrected chi connectivity index (χ3v) is 9.31. The van der Waals surface area contributed by atoms with Crippen molar-refractivity contribution < 1.29 is 14.3 Å². The molecule has 9 heteroatoms. The van der Waals surface area contributed by atoms with E-state index in [4.69, 9.17) is 4.74 Å². The molecular formula is C28H33N5O3S. The Labute approximate surface area is 221 Å². The summed E-state index contributed by atoms with van der Waals surface area (Å²) >= 11 is 1.55. The Morgan fingerprint density at radius 2 is 1.89 bits per heavy atom. The third kappa shape index (κ3) is 4.49. The lowest BCUT2D eigenvalue weighted by Crippen LogP contribution is -2.62. The number of thioether (sulfide) groups is 1. The number of urea groups is 1. The molecule has 3 fully saturated rings. The zero-order chi connectivity index (χ0) is 25.5. The predicted molar refractivity (Wildman–Crippen MR) is 146 cm³/mol. The molecule has 1 aliphatic carbocycles. The van der Waals surface area contributed by atoms with Gasteiger partial charge >= 0.3 is 6.03 Å². The SMILES string of the molecule is CN[C@@H]1CCC[C@H]1NC(=O)C1=C2NC(=O)N(c3ccc(Oc4ccccc4)cc3C)C3CCNC(S1)C23. The Hall–Kier alpha value is -3.01. The van der Waals surface area contributed by atoms with Crippen molar-refractivity contribution in [2.75, 3.05) is 18.5 Å². The van der Waals surface area contributed by atoms with Crippen LogP contribution in [0.5, 0.6) is 11.5 Å². The van der Waals surface area contributed by atoms with Gasteiger partial charge in [-0.2, -0.15) is 0 Å². The molecule has 2 aromatic rings. The van der Waals surface area contributed by atoms with Crippen LogP contribution in [0.4, 0.5) is 10.5 Å². The first-order valence-electron chi connectivity index (χ1n) is 13.1. The van der Waals surface area contributed by atoms with Crippen LogP contribution in [0.2, 0.25) is 0 Å². The monoisotopic (exact) mass is 519 g/mol. The van der Waals surface area contributed by atoms with Crippen LogP contribution >= 0.6 is 11.8 Å². The number of carbonyl (C=O) groups is 2. The number of para-hydroxylation sites is 1. The molecule has 3 aliphatic heterocycles. The van der Waals surface area contributed by atoms with Crippen molar-refractivity contribution in [2.45, 2.75) is 56.1 Å². The van der Waals surface area contributed by atoms with E-state index in [-0.39, 0.29) is 35.3 Å². The molecule has 0 bridgehead atoms. The van der Waals surface area contributed by atoms with Crippen LogP contribution in [-0.4, -0.2) is 49.0 Å². The van der Waals surface area contributed by atoms with E-state index in [1.165, 1.54) is 0 Å². The number of carbonyl (C=O) groups excluding carboxylic acids is 2. The highest BCUT2D eigenvalue weighted by atomic mass is 32.2. The van der Waals surface area contributed by atoms with Gasteiger partial charge in [0.1, 0.15) is 11.5 Å². The number of benzene rings is 2. The molecule has 3 unspecified atom stereocenters. The van der Waals surface area contributed by atoms with Gasteiger partial charge in [0.2, 0.25) is 0 Å². The average molecular weight is 520 g/mol. The van der Waals surface area contributed by atoms with Crippen LogP contribution in [0.15, 0.2) is 59.1 Å². The van der Waals surface area contributed by atoms with Gasteiger partial charge in [-0.3, -0.25) is 9.69 Å². The molecular weight excluding hydrogens is 486 g/mol. The summed E-state index contributed by atoms with van der Waals surface area (Å²) in [5.41, 5.74) is 2.61. The van der Waals surface area contributed by atoms with E-state index in [1.54, 1.807) is 11.8 Å². The van der Waals surface area contributed by atoms with Gasteiger partial charge in [0, 0.05) is 29.4 Å². The molecule has 0 aromatic heterocycles. The van der Waals surface area contributed by atoms with E-state index in [2.05, 4.69) is 21.3 Å². The maximum atomic E-state index is 13.6. The number of hydrogen-bond donors (Lipinski definition) is 4.